The van der Waals surface area contributed by atoms with Crippen molar-refractivity contribution in [2.45, 2.75) is 38.6 Å². The van der Waals surface area contributed by atoms with E-state index in [4.69, 9.17) is 9.72 Å². The van der Waals surface area contributed by atoms with Crippen molar-refractivity contribution in [2.75, 3.05) is 32.8 Å². The summed E-state index contributed by atoms with van der Waals surface area (Å²) in [5.41, 5.74) is 2.67. The van der Waals surface area contributed by atoms with Gasteiger partial charge < -0.3 is 19.1 Å². The first kappa shape index (κ1) is 19.5. The predicted octanol–water partition coefficient (Wildman–Crippen LogP) is 3.54. The zero-order chi connectivity index (χ0) is 20.4. The van der Waals surface area contributed by atoms with E-state index in [0.29, 0.717) is 37.8 Å². The number of carbonyl (C=O) groups excluding carboxylic acids is 2. The van der Waals surface area contributed by atoms with E-state index in [0.717, 1.165) is 16.9 Å². The second-order valence-electron chi connectivity index (χ2n) is 7.82. The van der Waals surface area contributed by atoms with Crippen LogP contribution in [0.1, 0.15) is 47.9 Å². The molecule has 1 saturated heterocycles. The lowest BCUT2D eigenvalue weighted by Gasteiger charge is -2.34. The molecular formula is C22H28N4O3. The fourth-order valence-corrected chi connectivity index (χ4v) is 4.47. The largest absolute Gasteiger partial charge is 0.445 e. The molecule has 4 rings (SSSR count). The molecule has 1 aliphatic carbocycles. The standard InChI is InChI=1S/C22H28N4O3/c1-3-14-29-22(28)25-12-10-24(11-13-25)21(27)17-8-9-19-20(15-17)26(16(2)23-19)18-6-4-5-7-18/h3,8-9,15,18H,1,4-7,10-14H2,2H3. The van der Waals surface area contributed by atoms with Gasteiger partial charge in [0.05, 0.1) is 11.0 Å². The second kappa shape index (κ2) is 8.27. The molecule has 2 heterocycles. The van der Waals surface area contributed by atoms with E-state index < -0.39 is 0 Å². The number of hydrogen-bond acceptors (Lipinski definition) is 4. The Kier molecular flexibility index (Phi) is 5.56. The molecule has 1 aromatic heterocycles. The minimum absolute atomic E-state index is 0.00262. The van der Waals surface area contributed by atoms with Gasteiger partial charge >= 0.3 is 6.09 Å². The average Bonchev–Trinajstić information content (AvgIpc) is 3.37. The van der Waals surface area contributed by atoms with E-state index in [1.807, 2.05) is 30.0 Å². The summed E-state index contributed by atoms with van der Waals surface area (Å²) in [5.74, 6) is 1.02. The highest BCUT2D eigenvalue weighted by atomic mass is 16.6. The summed E-state index contributed by atoms with van der Waals surface area (Å²) in [6.07, 6.45) is 6.05. The Morgan fingerprint density at radius 3 is 2.55 bits per heavy atom. The van der Waals surface area contributed by atoms with E-state index in [9.17, 15) is 9.59 Å². The molecule has 0 N–H and O–H groups in total. The molecule has 2 aromatic rings. The molecule has 0 bridgehead atoms. The molecule has 7 nitrogen and oxygen atoms in total. The third-order valence-electron chi connectivity index (χ3n) is 5.95. The Morgan fingerprint density at radius 2 is 1.86 bits per heavy atom. The van der Waals surface area contributed by atoms with Crippen molar-refractivity contribution in [1.29, 1.82) is 0 Å². The maximum Gasteiger partial charge on any atom is 0.410 e. The number of benzene rings is 1. The molecule has 1 aliphatic heterocycles. The van der Waals surface area contributed by atoms with E-state index in [1.165, 1.54) is 25.7 Å². The van der Waals surface area contributed by atoms with Gasteiger partial charge in [-0.2, -0.15) is 0 Å². The molecule has 2 fully saturated rings. The number of hydrogen-bond donors (Lipinski definition) is 0. The van der Waals surface area contributed by atoms with Gasteiger partial charge in [0.1, 0.15) is 12.4 Å². The number of fused-ring (bicyclic) bond motifs is 1. The SMILES string of the molecule is C=CCOC(=O)N1CCN(C(=O)c2ccc3nc(C)n(C4CCCC4)c3c2)CC1. The van der Waals surface area contributed by atoms with Gasteiger partial charge in [-0.25, -0.2) is 9.78 Å². The van der Waals surface area contributed by atoms with Gasteiger partial charge in [-0.05, 0) is 38.0 Å². The summed E-state index contributed by atoms with van der Waals surface area (Å²) in [6.45, 7) is 7.75. The molecule has 0 unspecified atom stereocenters. The van der Waals surface area contributed by atoms with Crippen LogP contribution in [0.25, 0.3) is 11.0 Å². The van der Waals surface area contributed by atoms with Gasteiger partial charge in [0.2, 0.25) is 0 Å². The van der Waals surface area contributed by atoms with Gasteiger partial charge in [0.15, 0.2) is 0 Å². The molecule has 2 aliphatic rings. The number of nitrogens with zero attached hydrogens (tertiary/aromatic N) is 4. The van der Waals surface area contributed by atoms with Crippen molar-refractivity contribution in [1.82, 2.24) is 19.4 Å². The number of piperazine rings is 1. The lowest BCUT2D eigenvalue weighted by atomic mass is 10.1. The van der Waals surface area contributed by atoms with E-state index >= 15 is 0 Å². The lowest BCUT2D eigenvalue weighted by molar-refractivity contribution is 0.0581. The Balaban J connectivity index is 1.48. The summed E-state index contributed by atoms with van der Waals surface area (Å²) in [4.78, 5) is 33.2. The highest BCUT2D eigenvalue weighted by molar-refractivity contribution is 5.97. The second-order valence-corrected chi connectivity index (χ2v) is 7.82. The van der Waals surface area contributed by atoms with Crippen LogP contribution in [-0.2, 0) is 4.74 Å². The first-order valence-electron chi connectivity index (χ1n) is 10.4. The molecule has 0 radical (unpaired) electrons. The van der Waals surface area contributed by atoms with E-state index in [-0.39, 0.29) is 18.6 Å². The van der Waals surface area contributed by atoms with Crippen molar-refractivity contribution in [3.8, 4) is 0 Å². The van der Waals surface area contributed by atoms with Crippen LogP contribution in [-0.4, -0.2) is 64.1 Å². The predicted molar refractivity (Wildman–Crippen MR) is 111 cm³/mol. The number of rotatable bonds is 4. The van der Waals surface area contributed by atoms with E-state index in [2.05, 4.69) is 11.1 Å². The van der Waals surface area contributed by atoms with Crippen LogP contribution in [0.2, 0.25) is 0 Å². The van der Waals surface area contributed by atoms with E-state index in [1.54, 1.807) is 11.0 Å². The van der Waals surface area contributed by atoms with Crippen LogP contribution < -0.4 is 0 Å². The number of amides is 2. The van der Waals surface area contributed by atoms with Crippen molar-refractivity contribution in [2.24, 2.45) is 0 Å². The van der Waals surface area contributed by atoms with Crippen LogP contribution in [0.15, 0.2) is 30.9 Å². The van der Waals surface area contributed by atoms with Crippen LogP contribution in [0.3, 0.4) is 0 Å². The third-order valence-corrected chi connectivity index (χ3v) is 5.95. The smallest absolute Gasteiger partial charge is 0.410 e. The summed E-state index contributed by atoms with van der Waals surface area (Å²) in [7, 11) is 0. The summed E-state index contributed by atoms with van der Waals surface area (Å²) in [5, 5.41) is 0. The first-order chi connectivity index (χ1) is 14.1. The molecular weight excluding hydrogens is 368 g/mol. The van der Waals surface area contributed by atoms with Gasteiger partial charge in [-0.1, -0.05) is 25.5 Å². The number of ether oxygens (including phenoxy) is 1. The van der Waals surface area contributed by atoms with Gasteiger partial charge in [0, 0.05) is 37.8 Å². The third kappa shape index (κ3) is 3.86. The normalized spacial score (nSPS) is 17.7. The van der Waals surface area contributed by atoms with Crippen molar-refractivity contribution >= 4 is 23.0 Å². The maximum atomic E-state index is 13.1. The van der Waals surface area contributed by atoms with Crippen molar-refractivity contribution < 1.29 is 14.3 Å². The summed E-state index contributed by atoms with van der Waals surface area (Å²) < 4.78 is 7.39. The average molecular weight is 396 g/mol. The molecule has 7 heteroatoms. The highest BCUT2D eigenvalue weighted by Gasteiger charge is 2.27. The fourth-order valence-electron chi connectivity index (χ4n) is 4.47. The molecule has 29 heavy (non-hydrogen) atoms. The quantitative estimate of drug-likeness (QED) is 0.742. The van der Waals surface area contributed by atoms with Gasteiger partial charge in [0.25, 0.3) is 5.91 Å². The van der Waals surface area contributed by atoms with Gasteiger partial charge in [-0.3, -0.25) is 4.79 Å². The zero-order valence-corrected chi connectivity index (χ0v) is 17.0. The van der Waals surface area contributed by atoms with Crippen LogP contribution in [0, 0.1) is 6.92 Å². The number of aryl methyl sites for hydroxylation is 1. The molecule has 1 aromatic carbocycles. The van der Waals surface area contributed by atoms with Crippen LogP contribution >= 0.6 is 0 Å². The Hall–Kier alpha value is -2.83. The zero-order valence-electron chi connectivity index (χ0n) is 17.0. The van der Waals surface area contributed by atoms with Crippen molar-refractivity contribution in [3.63, 3.8) is 0 Å². The van der Waals surface area contributed by atoms with Gasteiger partial charge in [-0.15, -0.1) is 0 Å². The van der Waals surface area contributed by atoms with Crippen LogP contribution in [0.5, 0.6) is 0 Å². The van der Waals surface area contributed by atoms with Crippen molar-refractivity contribution in [3.05, 3.63) is 42.2 Å². The summed E-state index contributed by atoms with van der Waals surface area (Å²) in [6, 6.07) is 6.28. The molecule has 0 spiro atoms. The minimum Gasteiger partial charge on any atom is -0.445 e. The Bertz CT molecular complexity index is 922. The number of carbonyl (C=O) groups is 2. The fraction of sp³-hybridized carbons (Fsp3) is 0.500. The Labute approximate surface area is 170 Å². The maximum absolute atomic E-state index is 13.1. The monoisotopic (exact) mass is 396 g/mol. The number of aromatic nitrogens is 2. The lowest BCUT2D eigenvalue weighted by Crippen LogP contribution is -2.50. The molecule has 154 valence electrons. The minimum atomic E-state index is -0.352. The molecule has 1 saturated carbocycles. The molecule has 0 atom stereocenters. The first-order valence-corrected chi connectivity index (χ1v) is 10.4. The number of imidazole rings is 1. The van der Waals surface area contributed by atoms with Crippen LogP contribution in [0.4, 0.5) is 4.79 Å². The molecule has 2 amide bonds. The topological polar surface area (TPSA) is 67.7 Å². The summed E-state index contributed by atoms with van der Waals surface area (Å²) >= 11 is 0. The Morgan fingerprint density at radius 1 is 1.17 bits per heavy atom. The highest BCUT2D eigenvalue weighted by Crippen LogP contribution is 2.33.